The molecule has 0 unspecified atom stereocenters. The zero-order valence-corrected chi connectivity index (χ0v) is 14.9. The third-order valence-electron chi connectivity index (χ3n) is 4.08. The molecule has 1 N–H and O–H groups in total. The number of carbonyl (C=O) groups is 1. The molecule has 0 aromatic heterocycles. The summed E-state index contributed by atoms with van der Waals surface area (Å²) in [5.74, 6) is 0.478. The van der Waals surface area contributed by atoms with E-state index in [9.17, 15) is 4.79 Å². The van der Waals surface area contributed by atoms with Gasteiger partial charge in [0.15, 0.2) is 0 Å². The van der Waals surface area contributed by atoms with Crippen LogP contribution in [0, 0.1) is 5.92 Å². The number of hydrogen-bond donors (Lipinski definition) is 1. The first-order valence-corrected chi connectivity index (χ1v) is 8.91. The topological polar surface area (TPSA) is 50.8 Å². The van der Waals surface area contributed by atoms with Crippen molar-refractivity contribution in [3.05, 3.63) is 35.9 Å². The van der Waals surface area contributed by atoms with Crippen LogP contribution in [0.25, 0.3) is 0 Å². The van der Waals surface area contributed by atoms with E-state index in [2.05, 4.69) is 31.3 Å². The van der Waals surface area contributed by atoms with E-state index in [-0.39, 0.29) is 12.1 Å². The molecule has 0 aliphatic carbocycles. The second kappa shape index (κ2) is 10.3. The minimum atomic E-state index is 0.0494. The van der Waals surface area contributed by atoms with Crippen molar-refractivity contribution in [2.75, 3.05) is 32.8 Å². The molecule has 2 amide bonds. The largest absolute Gasteiger partial charge is 0.376 e. The van der Waals surface area contributed by atoms with Gasteiger partial charge in [-0.25, -0.2) is 4.79 Å². The van der Waals surface area contributed by atoms with Gasteiger partial charge in [-0.15, -0.1) is 0 Å². The van der Waals surface area contributed by atoms with Crippen LogP contribution in [0.15, 0.2) is 30.3 Å². The number of urea groups is 1. The number of piperidine rings is 1. The van der Waals surface area contributed by atoms with Crippen LogP contribution in [0.1, 0.15) is 32.3 Å². The molecule has 5 nitrogen and oxygen atoms in total. The van der Waals surface area contributed by atoms with Crippen LogP contribution in [-0.4, -0.2) is 49.9 Å². The first-order chi connectivity index (χ1) is 11.6. The van der Waals surface area contributed by atoms with Gasteiger partial charge in [0.05, 0.1) is 25.9 Å². The van der Waals surface area contributed by atoms with Crippen LogP contribution >= 0.6 is 0 Å². The lowest BCUT2D eigenvalue weighted by molar-refractivity contribution is -0.0208. The molecule has 5 heteroatoms. The molecule has 24 heavy (non-hydrogen) atoms. The summed E-state index contributed by atoms with van der Waals surface area (Å²) in [6.07, 6.45) is 2.03. The van der Waals surface area contributed by atoms with Crippen molar-refractivity contribution in [2.45, 2.75) is 39.4 Å². The van der Waals surface area contributed by atoms with E-state index in [4.69, 9.17) is 9.47 Å². The van der Waals surface area contributed by atoms with Crippen molar-refractivity contribution >= 4 is 6.03 Å². The first kappa shape index (κ1) is 18.7. The summed E-state index contributed by atoms with van der Waals surface area (Å²) < 4.78 is 11.5. The average molecular weight is 334 g/mol. The van der Waals surface area contributed by atoms with Gasteiger partial charge >= 0.3 is 6.03 Å². The van der Waals surface area contributed by atoms with Crippen LogP contribution < -0.4 is 5.32 Å². The molecule has 134 valence electrons. The summed E-state index contributed by atoms with van der Waals surface area (Å²) in [4.78, 5) is 13.9. The lowest BCUT2D eigenvalue weighted by Gasteiger charge is -2.32. The van der Waals surface area contributed by atoms with Crippen molar-refractivity contribution in [2.24, 2.45) is 5.92 Å². The fraction of sp³-hybridized carbons (Fsp3) is 0.632. The highest BCUT2D eigenvalue weighted by molar-refractivity contribution is 5.74. The molecule has 0 saturated carbocycles. The fourth-order valence-electron chi connectivity index (χ4n) is 2.67. The van der Waals surface area contributed by atoms with E-state index >= 15 is 0 Å². The predicted molar refractivity (Wildman–Crippen MR) is 94.9 cm³/mol. The van der Waals surface area contributed by atoms with Crippen LogP contribution in [0.3, 0.4) is 0 Å². The molecule has 0 bridgehead atoms. The van der Waals surface area contributed by atoms with Crippen LogP contribution in [-0.2, 0) is 16.1 Å². The molecular formula is C19H30N2O3. The Kier molecular flexibility index (Phi) is 8.05. The van der Waals surface area contributed by atoms with Gasteiger partial charge in [0.25, 0.3) is 0 Å². The number of likely N-dealkylation sites (tertiary alicyclic amines) is 1. The van der Waals surface area contributed by atoms with Crippen molar-refractivity contribution in [1.29, 1.82) is 0 Å². The van der Waals surface area contributed by atoms with Gasteiger partial charge in [-0.3, -0.25) is 0 Å². The van der Waals surface area contributed by atoms with Gasteiger partial charge in [-0.05, 0) is 24.3 Å². The second-order valence-electron chi connectivity index (χ2n) is 6.68. The Morgan fingerprint density at radius 3 is 2.58 bits per heavy atom. The van der Waals surface area contributed by atoms with Gasteiger partial charge < -0.3 is 19.7 Å². The van der Waals surface area contributed by atoms with Crippen molar-refractivity contribution in [1.82, 2.24) is 10.2 Å². The highest BCUT2D eigenvalue weighted by Crippen LogP contribution is 2.14. The predicted octanol–water partition coefficient (Wildman–Crippen LogP) is 3.05. The number of benzene rings is 1. The molecule has 1 aromatic carbocycles. The van der Waals surface area contributed by atoms with E-state index < -0.39 is 0 Å². The monoisotopic (exact) mass is 334 g/mol. The third kappa shape index (κ3) is 6.89. The van der Waals surface area contributed by atoms with Gasteiger partial charge in [0.2, 0.25) is 0 Å². The molecule has 1 aliphatic rings. The van der Waals surface area contributed by atoms with Gasteiger partial charge in [0, 0.05) is 19.6 Å². The maximum Gasteiger partial charge on any atom is 0.317 e. The maximum absolute atomic E-state index is 12.0. The van der Waals surface area contributed by atoms with Crippen LogP contribution in [0.5, 0.6) is 0 Å². The molecule has 2 rings (SSSR count). The number of hydrogen-bond acceptors (Lipinski definition) is 3. The Morgan fingerprint density at radius 1 is 1.21 bits per heavy atom. The maximum atomic E-state index is 12.0. The van der Waals surface area contributed by atoms with Crippen molar-refractivity contribution in [3.8, 4) is 0 Å². The summed E-state index contributed by atoms with van der Waals surface area (Å²) in [6, 6.07) is 10.2. The number of amides is 2. The minimum Gasteiger partial charge on any atom is -0.376 e. The van der Waals surface area contributed by atoms with Gasteiger partial charge in [-0.1, -0.05) is 44.2 Å². The molecule has 0 spiro atoms. The van der Waals surface area contributed by atoms with Crippen LogP contribution in [0.2, 0.25) is 0 Å². The molecule has 1 fully saturated rings. The average Bonchev–Trinajstić information content (AvgIpc) is 2.61. The molecule has 0 radical (unpaired) electrons. The summed E-state index contributed by atoms with van der Waals surface area (Å²) in [5.41, 5.74) is 1.18. The SMILES string of the molecule is CC(C)CNC(=O)N1CCC(OCCOCc2ccccc2)CC1. The van der Waals surface area contributed by atoms with E-state index in [1.165, 1.54) is 5.56 Å². The van der Waals surface area contributed by atoms with Gasteiger partial charge in [0.1, 0.15) is 0 Å². The smallest absolute Gasteiger partial charge is 0.317 e. The zero-order valence-electron chi connectivity index (χ0n) is 14.9. The van der Waals surface area contributed by atoms with E-state index in [1.54, 1.807) is 0 Å². The van der Waals surface area contributed by atoms with E-state index in [0.29, 0.717) is 25.7 Å². The summed E-state index contributed by atoms with van der Waals surface area (Å²) in [6.45, 7) is 8.28. The van der Waals surface area contributed by atoms with E-state index in [1.807, 2.05) is 23.1 Å². The Morgan fingerprint density at radius 2 is 1.92 bits per heavy atom. The minimum absolute atomic E-state index is 0.0494. The summed E-state index contributed by atoms with van der Waals surface area (Å²) in [5, 5.41) is 2.97. The Bertz CT molecular complexity index is 471. The lowest BCUT2D eigenvalue weighted by Crippen LogP contribution is -2.46. The van der Waals surface area contributed by atoms with E-state index in [0.717, 1.165) is 32.5 Å². The Labute approximate surface area is 145 Å². The second-order valence-corrected chi connectivity index (χ2v) is 6.68. The lowest BCUT2D eigenvalue weighted by atomic mass is 10.1. The first-order valence-electron chi connectivity index (χ1n) is 8.91. The van der Waals surface area contributed by atoms with Crippen molar-refractivity contribution < 1.29 is 14.3 Å². The molecule has 1 aliphatic heterocycles. The Hall–Kier alpha value is -1.59. The number of nitrogens with zero attached hydrogens (tertiary/aromatic N) is 1. The standard InChI is InChI=1S/C19H30N2O3/c1-16(2)14-20-19(22)21-10-8-18(9-11-21)24-13-12-23-15-17-6-4-3-5-7-17/h3-7,16,18H,8-15H2,1-2H3,(H,20,22). The summed E-state index contributed by atoms with van der Waals surface area (Å²) >= 11 is 0. The van der Waals surface area contributed by atoms with Crippen LogP contribution in [0.4, 0.5) is 4.79 Å². The number of carbonyl (C=O) groups excluding carboxylic acids is 1. The molecule has 0 atom stereocenters. The molecule has 1 saturated heterocycles. The zero-order chi connectivity index (χ0) is 17.2. The molecule has 1 heterocycles. The highest BCUT2D eigenvalue weighted by Gasteiger charge is 2.22. The molecule has 1 aromatic rings. The number of rotatable bonds is 8. The summed E-state index contributed by atoms with van der Waals surface area (Å²) in [7, 11) is 0. The van der Waals surface area contributed by atoms with Crippen molar-refractivity contribution in [3.63, 3.8) is 0 Å². The Balaban J connectivity index is 1.52. The van der Waals surface area contributed by atoms with Gasteiger partial charge in [-0.2, -0.15) is 0 Å². The third-order valence-corrected chi connectivity index (χ3v) is 4.08. The number of nitrogens with one attached hydrogen (secondary N) is 1. The highest BCUT2D eigenvalue weighted by atomic mass is 16.5. The number of ether oxygens (including phenoxy) is 2. The fourth-order valence-corrected chi connectivity index (χ4v) is 2.67. The normalized spacial score (nSPS) is 15.7. The molecular weight excluding hydrogens is 304 g/mol. The quantitative estimate of drug-likeness (QED) is 0.744.